The number of halogens is 1. The van der Waals surface area contributed by atoms with Gasteiger partial charge in [0.05, 0.1) is 0 Å². The fraction of sp³-hybridized carbons (Fsp3) is 0. The number of pyridine rings is 1. The molecule has 0 saturated carbocycles. The number of aromatic nitrogens is 1. The van der Waals surface area contributed by atoms with Gasteiger partial charge in [-0.1, -0.05) is 24.4 Å². The van der Waals surface area contributed by atoms with Crippen molar-refractivity contribution in [2.45, 2.75) is 0 Å². The second kappa shape index (κ2) is 4.88. The summed E-state index contributed by atoms with van der Waals surface area (Å²) in [6, 6.07) is 9.39. The molecular formula is C12H9FN2OS. The molecule has 0 unspecified atom stereocenters. The van der Waals surface area contributed by atoms with E-state index in [1.165, 1.54) is 12.1 Å². The van der Waals surface area contributed by atoms with E-state index in [9.17, 15) is 4.39 Å². The van der Waals surface area contributed by atoms with Gasteiger partial charge in [-0.15, -0.1) is 0 Å². The highest BCUT2D eigenvalue weighted by molar-refractivity contribution is 7.80. The molecule has 0 spiro atoms. The van der Waals surface area contributed by atoms with Gasteiger partial charge in [-0.3, -0.25) is 0 Å². The molecule has 0 amide bonds. The lowest BCUT2D eigenvalue weighted by Gasteiger charge is -2.09. The Labute approximate surface area is 103 Å². The first-order valence-electron chi connectivity index (χ1n) is 4.85. The van der Waals surface area contributed by atoms with Gasteiger partial charge in [0, 0.05) is 6.20 Å². The van der Waals surface area contributed by atoms with Crippen LogP contribution in [0.15, 0.2) is 42.6 Å². The minimum absolute atomic E-state index is 0.108. The van der Waals surface area contributed by atoms with E-state index >= 15 is 0 Å². The first kappa shape index (κ1) is 11.5. The lowest BCUT2D eigenvalue weighted by atomic mass is 10.3. The summed E-state index contributed by atoms with van der Waals surface area (Å²) in [6.45, 7) is 0. The molecule has 17 heavy (non-hydrogen) atoms. The number of benzene rings is 1. The van der Waals surface area contributed by atoms with Gasteiger partial charge in [-0.05, 0) is 24.3 Å². The lowest BCUT2D eigenvalue weighted by molar-refractivity contribution is 0.440. The molecule has 86 valence electrons. The fourth-order valence-corrected chi connectivity index (χ4v) is 1.46. The third-order valence-corrected chi connectivity index (χ3v) is 2.25. The zero-order chi connectivity index (χ0) is 12.3. The number of hydrogen-bond acceptors (Lipinski definition) is 3. The maximum Gasteiger partial charge on any atom is 0.165 e. The SMILES string of the molecule is NC(=S)c1ncccc1Oc1ccccc1F. The Kier molecular flexibility index (Phi) is 3.30. The van der Waals surface area contributed by atoms with Gasteiger partial charge in [0.2, 0.25) is 0 Å². The van der Waals surface area contributed by atoms with E-state index in [1.807, 2.05) is 0 Å². The molecule has 0 aliphatic carbocycles. The van der Waals surface area contributed by atoms with Crippen LogP contribution in [0.4, 0.5) is 4.39 Å². The Morgan fingerprint density at radius 2 is 1.88 bits per heavy atom. The topological polar surface area (TPSA) is 48.1 Å². The molecule has 1 aromatic carbocycles. The van der Waals surface area contributed by atoms with Crippen LogP contribution in [0.3, 0.4) is 0 Å². The van der Waals surface area contributed by atoms with Crippen molar-refractivity contribution in [2.24, 2.45) is 5.73 Å². The van der Waals surface area contributed by atoms with E-state index in [1.54, 1.807) is 30.5 Å². The molecule has 0 radical (unpaired) electrons. The molecule has 1 aromatic heterocycles. The Morgan fingerprint density at radius 3 is 2.59 bits per heavy atom. The highest BCUT2D eigenvalue weighted by atomic mass is 32.1. The zero-order valence-electron chi connectivity index (χ0n) is 8.76. The summed E-state index contributed by atoms with van der Waals surface area (Å²) < 4.78 is 18.8. The predicted molar refractivity (Wildman–Crippen MR) is 66.6 cm³/mol. The van der Waals surface area contributed by atoms with Crippen molar-refractivity contribution in [3.63, 3.8) is 0 Å². The average Bonchev–Trinajstić information content (AvgIpc) is 2.32. The van der Waals surface area contributed by atoms with Gasteiger partial charge in [0.15, 0.2) is 17.3 Å². The van der Waals surface area contributed by atoms with Crippen molar-refractivity contribution in [3.8, 4) is 11.5 Å². The van der Waals surface area contributed by atoms with Crippen LogP contribution in [0.2, 0.25) is 0 Å². The lowest BCUT2D eigenvalue weighted by Crippen LogP contribution is -2.12. The van der Waals surface area contributed by atoms with Crippen molar-refractivity contribution in [1.82, 2.24) is 4.98 Å². The van der Waals surface area contributed by atoms with Crippen LogP contribution in [0.25, 0.3) is 0 Å². The van der Waals surface area contributed by atoms with Gasteiger partial charge >= 0.3 is 0 Å². The second-order valence-electron chi connectivity index (χ2n) is 3.25. The molecule has 0 aliphatic rings. The molecule has 3 nitrogen and oxygen atoms in total. The second-order valence-corrected chi connectivity index (χ2v) is 3.69. The number of thiocarbonyl (C=S) groups is 1. The summed E-state index contributed by atoms with van der Waals surface area (Å²) >= 11 is 4.84. The van der Waals surface area contributed by atoms with Crippen LogP contribution in [-0.4, -0.2) is 9.97 Å². The summed E-state index contributed by atoms with van der Waals surface area (Å²) in [6.07, 6.45) is 1.54. The maximum atomic E-state index is 13.4. The molecule has 1 heterocycles. The number of nitrogens with two attached hydrogens (primary N) is 1. The fourth-order valence-electron chi connectivity index (χ4n) is 1.30. The minimum atomic E-state index is -0.453. The van der Waals surface area contributed by atoms with E-state index in [2.05, 4.69) is 4.98 Å². The molecule has 0 atom stereocenters. The summed E-state index contributed by atoms with van der Waals surface area (Å²) in [5.74, 6) is -0.00616. The van der Waals surface area contributed by atoms with Crippen molar-refractivity contribution < 1.29 is 9.13 Å². The first-order chi connectivity index (χ1) is 8.18. The normalized spacial score (nSPS) is 9.94. The molecule has 2 aromatic rings. The summed E-state index contributed by atoms with van der Waals surface area (Å²) in [5.41, 5.74) is 5.84. The highest BCUT2D eigenvalue weighted by Crippen LogP contribution is 2.25. The Balaban J connectivity index is 2.37. The van der Waals surface area contributed by atoms with Crippen molar-refractivity contribution in [1.29, 1.82) is 0 Å². The van der Waals surface area contributed by atoms with Crippen LogP contribution in [0.1, 0.15) is 5.69 Å². The van der Waals surface area contributed by atoms with Gasteiger partial charge in [0.1, 0.15) is 10.7 Å². The van der Waals surface area contributed by atoms with E-state index in [4.69, 9.17) is 22.7 Å². The predicted octanol–water partition coefficient (Wildman–Crippen LogP) is 2.65. The molecule has 5 heteroatoms. The Morgan fingerprint density at radius 1 is 1.18 bits per heavy atom. The van der Waals surface area contributed by atoms with Crippen molar-refractivity contribution >= 4 is 17.2 Å². The Bertz CT molecular complexity index is 560. The van der Waals surface area contributed by atoms with E-state index in [0.29, 0.717) is 11.4 Å². The van der Waals surface area contributed by atoms with Crippen LogP contribution in [0.5, 0.6) is 11.5 Å². The van der Waals surface area contributed by atoms with E-state index < -0.39 is 5.82 Å². The smallest absolute Gasteiger partial charge is 0.165 e. The number of para-hydroxylation sites is 1. The van der Waals surface area contributed by atoms with Crippen molar-refractivity contribution in [3.05, 3.63) is 54.1 Å². The molecule has 0 fully saturated rings. The van der Waals surface area contributed by atoms with Gasteiger partial charge < -0.3 is 10.5 Å². The number of rotatable bonds is 3. The monoisotopic (exact) mass is 248 g/mol. The summed E-state index contributed by atoms with van der Waals surface area (Å²) in [5, 5.41) is 0. The van der Waals surface area contributed by atoms with E-state index in [-0.39, 0.29) is 10.7 Å². The molecule has 0 aliphatic heterocycles. The molecule has 2 N–H and O–H groups in total. The first-order valence-corrected chi connectivity index (χ1v) is 5.26. The quantitative estimate of drug-likeness (QED) is 0.848. The third kappa shape index (κ3) is 2.57. The molecule has 2 rings (SSSR count). The number of nitrogens with zero attached hydrogens (tertiary/aromatic N) is 1. The number of hydrogen-bond donors (Lipinski definition) is 1. The van der Waals surface area contributed by atoms with E-state index in [0.717, 1.165) is 0 Å². The van der Waals surface area contributed by atoms with Crippen LogP contribution in [-0.2, 0) is 0 Å². The number of ether oxygens (including phenoxy) is 1. The summed E-state index contributed by atoms with van der Waals surface area (Å²) in [7, 11) is 0. The third-order valence-electron chi connectivity index (χ3n) is 2.06. The van der Waals surface area contributed by atoms with Gasteiger partial charge in [-0.2, -0.15) is 0 Å². The van der Waals surface area contributed by atoms with Crippen LogP contribution < -0.4 is 10.5 Å². The van der Waals surface area contributed by atoms with Crippen molar-refractivity contribution in [2.75, 3.05) is 0 Å². The van der Waals surface area contributed by atoms with Gasteiger partial charge in [0.25, 0.3) is 0 Å². The molecular weight excluding hydrogens is 239 g/mol. The maximum absolute atomic E-state index is 13.4. The van der Waals surface area contributed by atoms with Crippen LogP contribution >= 0.6 is 12.2 Å². The minimum Gasteiger partial charge on any atom is -0.452 e. The molecule has 0 bridgehead atoms. The average molecular weight is 248 g/mol. The highest BCUT2D eigenvalue weighted by Gasteiger charge is 2.10. The largest absolute Gasteiger partial charge is 0.452 e. The standard InChI is InChI=1S/C12H9FN2OS/c13-8-4-1-2-5-9(8)16-10-6-3-7-15-11(10)12(14)17/h1-7H,(H2,14,17). The Hall–Kier alpha value is -2.01. The van der Waals surface area contributed by atoms with Gasteiger partial charge in [-0.25, -0.2) is 9.37 Å². The van der Waals surface area contributed by atoms with Crippen LogP contribution in [0, 0.1) is 5.82 Å². The summed E-state index contributed by atoms with van der Waals surface area (Å²) in [4.78, 5) is 4.10. The molecule has 0 saturated heterocycles. The zero-order valence-corrected chi connectivity index (χ0v) is 9.58.